The number of rotatable bonds is 5. The summed E-state index contributed by atoms with van der Waals surface area (Å²) in [5.41, 5.74) is 0. The van der Waals surface area contributed by atoms with E-state index in [-0.39, 0.29) is 11.0 Å². The lowest BCUT2D eigenvalue weighted by Crippen LogP contribution is -2.32. The summed E-state index contributed by atoms with van der Waals surface area (Å²) in [6.07, 6.45) is 4.43. The van der Waals surface area contributed by atoms with Crippen molar-refractivity contribution in [3.8, 4) is 0 Å². The van der Waals surface area contributed by atoms with Crippen molar-refractivity contribution in [3.05, 3.63) is 0 Å². The van der Waals surface area contributed by atoms with Gasteiger partial charge in [0.05, 0.1) is 16.9 Å². The van der Waals surface area contributed by atoms with Gasteiger partial charge in [0.1, 0.15) is 0 Å². The van der Waals surface area contributed by atoms with Crippen molar-refractivity contribution in [1.29, 1.82) is 0 Å². The maximum atomic E-state index is 12.0. The number of carbonyl (C=O) groups is 1. The maximum Gasteiger partial charge on any atom is 0.307 e. The molecular formula is C12H22O4S. The van der Waals surface area contributed by atoms with Crippen molar-refractivity contribution in [3.63, 3.8) is 0 Å². The quantitative estimate of drug-likeness (QED) is 0.823. The zero-order valence-corrected chi connectivity index (χ0v) is 11.4. The normalized spacial score (nSPS) is 27.6. The van der Waals surface area contributed by atoms with Crippen LogP contribution in [0, 0.1) is 11.8 Å². The van der Waals surface area contributed by atoms with E-state index in [1.807, 2.05) is 0 Å². The molecule has 1 N–H and O–H groups in total. The van der Waals surface area contributed by atoms with Crippen LogP contribution in [0.2, 0.25) is 0 Å². The van der Waals surface area contributed by atoms with Crippen LogP contribution in [0.5, 0.6) is 0 Å². The molecule has 0 spiro atoms. The average molecular weight is 262 g/mol. The third-order valence-electron chi connectivity index (χ3n) is 3.78. The summed E-state index contributed by atoms with van der Waals surface area (Å²) in [6, 6.07) is 0. The first-order valence-electron chi connectivity index (χ1n) is 6.31. The Morgan fingerprint density at radius 1 is 1.29 bits per heavy atom. The Kier molecular flexibility index (Phi) is 4.98. The molecule has 4 nitrogen and oxygen atoms in total. The van der Waals surface area contributed by atoms with Crippen LogP contribution in [0.15, 0.2) is 0 Å². The van der Waals surface area contributed by atoms with Gasteiger partial charge in [-0.25, -0.2) is 8.42 Å². The van der Waals surface area contributed by atoms with Crippen molar-refractivity contribution in [2.75, 3.05) is 5.75 Å². The third-order valence-corrected chi connectivity index (χ3v) is 6.23. The Morgan fingerprint density at radius 3 is 2.24 bits per heavy atom. The molecule has 1 unspecified atom stereocenters. The molecule has 1 saturated carbocycles. The van der Waals surface area contributed by atoms with Gasteiger partial charge in [0.15, 0.2) is 9.84 Å². The van der Waals surface area contributed by atoms with Crippen molar-refractivity contribution >= 4 is 15.8 Å². The Balaban J connectivity index is 2.57. The summed E-state index contributed by atoms with van der Waals surface area (Å²) < 4.78 is 24.1. The van der Waals surface area contributed by atoms with Crippen LogP contribution in [-0.2, 0) is 14.6 Å². The minimum Gasteiger partial charge on any atom is -0.481 e. The first-order chi connectivity index (χ1) is 7.86. The molecular weight excluding hydrogens is 240 g/mol. The molecule has 0 aliphatic heterocycles. The van der Waals surface area contributed by atoms with E-state index >= 15 is 0 Å². The second kappa shape index (κ2) is 5.85. The average Bonchev–Trinajstić information content (AvgIpc) is 2.28. The Labute approximate surface area is 103 Å². The van der Waals surface area contributed by atoms with E-state index < -0.39 is 21.7 Å². The minimum absolute atomic E-state index is 0.218. The fourth-order valence-corrected chi connectivity index (χ4v) is 4.56. The molecule has 1 aliphatic rings. The summed E-state index contributed by atoms with van der Waals surface area (Å²) in [7, 11) is -3.24. The zero-order valence-electron chi connectivity index (χ0n) is 10.6. The lowest BCUT2D eigenvalue weighted by molar-refractivity contribution is -0.140. The van der Waals surface area contributed by atoms with E-state index in [1.54, 1.807) is 0 Å². The summed E-state index contributed by atoms with van der Waals surface area (Å²) in [4.78, 5) is 10.7. The highest BCUT2D eigenvalue weighted by atomic mass is 32.2. The van der Waals surface area contributed by atoms with Crippen LogP contribution >= 0.6 is 0 Å². The van der Waals surface area contributed by atoms with Gasteiger partial charge in [-0.2, -0.15) is 0 Å². The molecule has 0 amide bonds. The lowest BCUT2D eigenvalue weighted by Gasteiger charge is -2.28. The van der Waals surface area contributed by atoms with Gasteiger partial charge >= 0.3 is 5.97 Å². The number of carboxylic acids is 1. The largest absolute Gasteiger partial charge is 0.481 e. The van der Waals surface area contributed by atoms with Crippen LogP contribution in [-0.4, -0.2) is 30.5 Å². The Morgan fingerprint density at radius 2 is 1.82 bits per heavy atom. The second-order valence-electron chi connectivity index (χ2n) is 5.12. The van der Waals surface area contributed by atoms with Gasteiger partial charge < -0.3 is 5.11 Å². The molecule has 100 valence electrons. The Bertz CT molecular complexity index is 353. The second-order valence-corrected chi connectivity index (χ2v) is 7.45. The predicted molar refractivity (Wildman–Crippen MR) is 66.6 cm³/mol. The summed E-state index contributed by atoms with van der Waals surface area (Å²) in [5.74, 6) is -1.40. The molecule has 0 saturated heterocycles. The zero-order chi connectivity index (χ0) is 13.1. The lowest BCUT2D eigenvalue weighted by atomic mass is 9.87. The molecule has 0 aromatic heterocycles. The summed E-state index contributed by atoms with van der Waals surface area (Å²) in [5, 5.41) is 8.45. The molecule has 0 heterocycles. The van der Waals surface area contributed by atoms with Crippen LogP contribution in [0.3, 0.4) is 0 Å². The molecule has 17 heavy (non-hydrogen) atoms. The van der Waals surface area contributed by atoms with Crippen molar-refractivity contribution < 1.29 is 18.3 Å². The Hall–Kier alpha value is -0.580. The van der Waals surface area contributed by atoms with Gasteiger partial charge in [-0.05, 0) is 31.6 Å². The van der Waals surface area contributed by atoms with Crippen LogP contribution in [0.1, 0.15) is 46.0 Å². The predicted octanol–water partition coefficient (Wildman–Crippen LogP) is 2.09. The molecule has 1 atom stereocenters. The maximum absolute atomic E-state index is 12.0. The van der Waals surface area contributed by atoms with Crippen LogP contribution < -0.4 is 0 Å². The highest BCUT2D eigenvalue weighted by Gasteiger charge is 2.32. The smallest absolute Gasteiger partial charge is 0.307 e. The molecule has 0 aromatic rings. The first kappa shape index (κ1) is 14.5. The first-order valence-corrected chi connectivity index (χ1v) is 8.02. The van der Waals surface area contributed by atoms with Crippen molar-refractivity contribution in [1.82, 2.24) is 0 Å². The molecule has 1 fully saturated rings. The number of hydrogen-bond donors (Lipinski definition) is 1. The van der Waals surface area contributed by atoms with Gasteiger partial charge in [-0.1, -0.05) is 20.3 Å². The van der Waals surface area contributed by atoms with E-state index in [0.717, 1.165) is 19.3 Å². The van der Waals surface area contributed by atoms with E-state index in [0.29, 0.717) is 18.8 Å². The standard InChI is InChI=1S/C12H22O4S/c1-3-10-4-6-11(7-5-10)17(15,16)8-9(2)12(13)14/h9-11H,3-8H2,1-2H3,(H,13,14). The monoisotopic (exact) mass is 262 g/mol. The summed E-state index contributed by atoms with van der Waals surface area (Å²) in [6.45, 7) is 3.59. The molecule has 0 aromatic carbocycles. The molecule has 0 radical (unpaired) electrons. The molecule has 1 rings (SSSR count). The van der Waals surface area contributed by atoms with Gasteiger partial charge in [0.2, 0.25) is 0 Å². The van der Waals surface area contributed by atoms with Crippen LogP contribution in [0.25, 0.3) is 0 Å². The topological polar surface area (TPSA) is 71.4 Å². The van der Waals surface area contributed by atoms with E-state index in [4.69, 9.17) is 5.11 Å². The molecule has 0 bridgehead atoms. The van der Waals surface area contributed by atoms with Gasteiger partial charge in [-0.3, -0.25) is 4.79 Å². The highest BCUT2D eigenvalue weighted by Crippen LogP contribution is 2.31. The van der Waals surface area contributed by atoms with Crippen molar-refractivity contribution in [2.24, 2.45) is 11.8 Å². The molecule has 5 heteroatoms. The van der Waals surface area contributed by atoms with Crippen LogP contribution in [0.4, 0.5) is 0 Å². The van der Waals surface area contributed by atoms with Crippen molar-refractivity contribution in [2.45, 2.75) is 51.2 Å². The highest BCUT2D eigenvalue weighted by molar-refractivity contribution is 7.92. The number of aliphatic carboxylic acids is 1. The number of sulfone groups is 1. The fourth-order valence-electron chi connectivity index (χ4n) is 2.46. The minimum atomic E-state index is -3.24. The SMILES string of the molecule is CCC1CCC(S(=O)(=O)CC(C)C(=O)O)CC1. The van der Waals surface area contributed by atoms with Gasteiger partial charge in [0.25, 0.3) is 0 Å². The summed E-state index contributed by atoms with van der Waals surface area (Å²) >= 11 is 0. The van der Waals surface area contributed by atoms with E-state index in [2.05, 4.69) is 6.92 Å². The van der Waals surface area contributed by atoms with E-state index in [9.17, 15) is 13.2 Å². The number of carboxylic acid groups (broad SMARTS) is 1. The van der Waals surface area contributed by atoms with E-state index in [1.165, 1.54) is 6.92 Å². The third kappa shape index (κ3) is 3.98. The van der Waals surface area contributed by atoms with Gasteiger partial charge in [-0.15, -0.1) is 0 Å². The van der Waals surface area contributed by atoms with Gasteiger partial charge in [0, 0.05) is 0 Å². The molecule has 1 aliphatic carbocycles. The fraction of sp³-hybridized carbons (Fsp3) is 0.917. The number of hydrogen-bond acceptors (Lipinski definition) is 3.